The highest BCUT2D eigenvalue weighted by atomic mass is 79.9. The van der Waals surface area contributed by atoms with Gasteiger partial charge in [-0.3, -0.25) is 9.69 Å². The molecule has 1 aliphatic heterocycles. The predicted octanol–water partition coefficient (Wildman–Crippen LogP) is 2.62. The summed E-state index contributed by atoms with van der Waals surface area (Å²) in [6.45, 7) is 1.85. The number of halogens is 1. The van der Waals surface area contributed by atoms with Gasteiger partial charge in [0.1, 0.15) is 16.5 Å². The monoisotopic (exact) mass is 353 g/mol. The third kappa shape index (κ3) is 2.50. The highest BCUT2D eigenvalue weighted by Crippen LogP contribution is 2.42. The molecule has 2 aliphatic rings. The number of piperidine rings is 1. The Morgan fingerprint density at radius 1 is 1.43 bits per heavy atom. The van der Waals surface area contributed by atoms with Gasteiger partial charge >= 0.3 is 6.09 Å². The molecule has 0 radical (unpaired) electrons. The molecule has 2 heterocycles. The molecule has 3 atom stereocenters. The van der Waals surface area contributed by atoms with E-state index in [4.69, 9.17) is 0 Å². The van der Waals surface area contributed by atoms with Crippen molar-refractivity contribution in [2.24, 2.45) is 5.92 Å². The Morgan fingerprint density at radius 3 is 2.90 bits per heavy atom. The maximum atomic E-state index is 12.5. The molecule has 112 valence electrons. The van der Waals surface area contributed by atoms with Crippen molar-refractivity contribution in [1.82, 2.24) is 9.88 Å². The number of hydrogen-bond donors (Lipinski definition) is 2. The molecule has 1 saturated carbocycles. The van der Waals surface area contributed by atoms with Gasteiger partial charge in [0.2, 0.25) is 5.91 Å². The van der Waals surface area contributed by atoms with Gasteiger partial charge in [-0.2, -0.15) is 0 Å². The Hall–Kier alpha value is -1.63. The van der Waals surface area contributed by atoms with E-state index < -0.39 is 12.1 Å². The molecule has 1 aromatic rings. The van der Waals surface area contributed by atoms with Crippen LogP contribution in [0.5, 0.6) is 0 Å². The van der Waals surface area contributed by atoms with Crippen LogP contribution in [0.25, 0.3) is 0 Å². The first kappa shape index (κ1) is 14.3. The van der Waals surface area contributed by atoms with Crippen LogP contribution in [-0.4, -0.2) is 39.1 Å². The van der Waals surface area contributed by atoms with Crippen LogP contribution >= 0.6 is 15.9 Å². The number of anilines is 1. The maximum absolute atomic E-state index is 12.5. The molecule has 7 heteroatoms. The van der Waals surface area contributed by atoms with Crippen LogP contribution in [0.3, 0.4) is 0 Å². The number of aromatic nitrogens is 1. The summed E-state index contributed by atoms with van der Waals surface area (Å²) in [6, 6.07) is 3.04. The highest BCUT2D eigenvalue weighted by Gasteiger charge is 2.51. The van der Waals surface area contributed by atoms with Crippen molar-refractivity contribution in [3.05, 3.63) is 22.3 Å². The molecule has 0 aromatic carbocycles. The Kier molecular flexibility index (Phi) is 3.61. The summed E-state index contributed by atoms with van der Waals surface area (Å²) >= 11 is 3.27. The standard InChI is InChI=1S/C14H16BrN3O3/c1-7-2-5-10(15)16-12(7)17-13(19)11-8-3-4-9(6-8)18(11)14(20)21/h2,5,8-9,11H,3-4,6H2,1H3,(H,20,21)(H,16,17,19)/t8-,9?,11-/m0/s1. The van der Waals surface area contributed by atoms with Gasteiger partial charge in [-0.25, -0.2) is 9.78 Å². The predicted molar refractivity (Wildman–Crippen MR) is 80.1 cm³/mol. The fourth-order valence-electron chi connectivity index (χ4n) is 3.42. The lowest BCUT2D eigenvalue weighted by Crippen LogP contribution is -2.50. The molecule has 2 N–H and O–H groups in total. The molecule has 21 heavy (non-hydrogen) atoms. The van der Waals surface area contributed by atoms with Crippen LogP contribution in [0.4, 0.5) is 10.6 Å². The van der Waals surface area contributed by atoms with Crippen LogP contribution in [0.1, 0.15) is 24.8 Å². The molecule has 2 amide bonds. The fraction of sp³-hybridized carbons (Fsp3) is 0.500. The maximum Gasteiger partial charge on any atom is 0.408 e. The van der Waals surface area contributed by atoms with Crippen LogP contribution in [0.2, 0.25) is 0 Å². The summed E-state index contributed by atoms with van der Waals surface area (Å²) in [5.41, 5.74) is 0.844. The van der Waals surface area contributed by atoms with Gasteiger partial charge in [-0.15, -0.1) is 0 Å². The quantitative estimate of drug-likeness (QED) is 0.800. The Bertz CT molecular complexity index is 607. The third-order valence-corrected chi connectivity index (χ3v) is 4.82. The lowest BCUT2D eigenvalue weighted by Gasteiger charge is -2.31. The largest absolute Gasteiger partial charge is 0.465 e. The Balaban J connectivity index is 1.81. The van der Waals surface area contributed by atoms with E-state index in [9.17, 15) is 14.7 Å². The van der Waals surface area contributed by atoms with Gasteiger partial charge in [0.05, 0.1) is 0 Å². The number of nitrogens with zero attached hydrogens (tertiary/aromatic N) is 2. The SMILES string of the molecule is Cc1ccc(Br)nc1NC(=O)[C@@H]1[C@H]2CCC(C2)N1C(=O)O. The van der Waals surface area contributed by atoms with Crippen LogP contribution in [0.15, 0.2) is 16.7 Å². The van der Waals surface area contributed by atoms with Crippen molar-refractivity contribution in [3.8, 4) is 0 Å². The van der Waals surface area contributed by atoms with Crippen molar-refractivity contribution >= 4 is 33.7 Å². The molecule has 0 spiro atoms. The van der Waals surface area contributed by atoms with Gasteiger partial charge in [-0.05, 0) is 59.7 Å². The zero-order chi connectivity index (χ0) is 15.1. The van der Waals surface area contributed by atoms with Crippen molar-refractivity contribution in [2.75, 3.05) is 5.32 Å². The molecule has 1 aromatic heterocycles. The van der Waals surface area contributed by atoms with E-state index in [1.165, 1.54) is 4.90 Å². The number of carbonyl (C=O) groups is 2. The second-order valence-corrected chi connectivity index (χ2v) is 6.46. The van der Waals surface area contributed by atoms with Crippen molar-refractivity contribution < 1.29 is 14.7 Å². The topological polar surface area (TPSA) is 82.5 Å². The smallest absolute Gasteiger partial charge is 0.408 e. The van der Waals surface area contributed by atoms with Crippen LogP contribution in [-0.2, 0) is 4.79 Å². The number of aryl methyl sites for hydroxylation is 1. The van der Waals surface area contributed by atoms with E-state index in [-0.39, 0.29) is 17.9 Å². The molecule has 3 rings (SSSR count). The molecule has 6 nitrogen and oxygen atoms in total. The van der Waals surface area contributed by atoms with E-state index in [0.29, 0.717) is 10.4 Å². The van der Waals surface area contributed by atoms with Crippen molar-refractivity contribution in [1.29, 1.82) is 0 Å². The van der Waals surface area contributed by atoms with E-state index in [0.717, 1.165) is 24.8 Å². The number of amides is 2. The number of pyridine rings is 1. The summed E-state index contributed by atoms with van der Waals surface area (Å²) in [5, 5.41) is 12.1. The summed E-state index contributed by atoms with van der Waals surface area (Å²) < 4.78 is 0.631. The van der Waals surface area contributed by atoms with E-state index in [2.05, 4.69) is 26.2 Å². The van der Waals surface area contributed by atoms with Crippen molar-refractivity contribution in [2.45, 2.75) is 38.3 Å². The Morgan fingerprint density at radius 2 is 2.19 bits per heavy atom. The minimum atomic E-state index is -1.01. The molecule has 1 aliphatic carbocycles. The zero-order valence-corrected chi connectivity index (χ0v) is 13.1. The zero-order valence-electron chi connectivity index (χ0n) is 11.5. The minimum Gasteiger partial charge on any atom is -0.465 e. The highest BCUT2D eigenvalue weighted by molar-refractivity contribution is 9.10. The van der Waals surface area contributed by atoms with Gasteiger partial charge in [0.25, 0.3) is 0 Å². The minimum absolute atomic E-state index is 0.0141. The summed E-state index contributed by atoms with van der Waals surface area (Å²) in [6.07, 6.45) is 1.54. The molecule has 2 fully saturated rings. The second-order valence-electron chi connectivity index (χ2n) is 5.65. The first-order chi connectivity index (χ1) is 9.97. The molecular formula is C14H16BrN3O3. The summed E-state index contributed by atoms with van der Waals surface area (Å²) in [5.74, 6) is 0.319. The van der Waals surface area contributed by atoms with E-state index >= 15 is 0 Å². The average molecular weight is 354 g/mol. The molecule has 1 saturated heterocycles. The van der Waals surface area contributed by atoms with E-state index in [1.807, 2.05) is 13.0 Å². The van der Waals surface area contributed by atoms with Gasteiger partial charge in [-0.1, -0.05) is 6.07 Å². The summed E-state index contributed by atoms with van der Waals surface area (Å²) in [4.78, 5) is 29.5. The second kappa shape index (κ2) is 5.29. The molecule has 2 bridgehead atoms. The Labute approximate surface area is 130 Å². The first-order valence-corrected chi connectivity index (χ1v) is 7.72. The van der Waals surface area contributed by atoms with Gasteiger partial charge < -0.3 is 10.4 Å². The number of nitrogens with one attached hydrogen (secondary N) is 1. The van der Waals surface area contributed by atoms with Gasteiger partial charge in [0.15, 0.2) is 0 Å². The molecular weight excluding hydrogens is 338 g/mol. The van der Waals surface area contributed by atoms with Crippen LogP contribution in [0, 0.1) is 12.8 Å². The molecule has 1 unspecified atom stereocenters. The normalized spacial score (nSPS) is 27.0. The number of carboxylic acid groups (broad SMARTS) is 1. The number of likely N-dealkylation sites (tertiary alicyclic amines) is 1. The number of carbonyl (C=O) groups excluding carboxylic acids is 1. The fourth-order valence-corrected chi connectivity index (χ4v) is 3.73. The number of rotatable bonds is 2. The van der Waals surface area contributed by atoms with Gasteiger partial charge in [0, 0.05) is 6.04 Å². The van der Waals surface area contributed by atoms with Crippen molar-refractivity contribution in [3.63, 3.8) is 0 Å². The number of hydrogen-bond acceptors (Lipinski definition) is 3. The lowest BCUT2D eigenvalue weighted by atomic mass is 9.98. The number of fused-ring (bicyclic) bond motifs is 2. The third-order valence-electron chi connectivity index (χ3n) is 4.38. The van der Waals surface area contributed by atoms with E-state index in [1.54, 1.807) is 6.07 Å². The lowest BCUT2D eigenvalue weighted by molar-refractivity contribution is -0.122. The first-order valence-electron chi connectivity index (χ1n) is 6.92. The average Bonchev–Trinajstić information content (AvgIpc) is 3.03. The van der Waals surface area contributed by atoms with Crippen LogP contribution < -0.4 is 5.32 Å². The summed E-state index contributed by atoms with van der Waals surface area (Å²) in [7, 11) is 0.